The molecule has 2 N–H and O–H groups in total. The Morgan fingerprint density at radius 2 is 1.62 bits per heavy atom. The fourth-order valence-electron chi connectivity index (χ4n) is 3.07. The minimum Gasteiger partial charge on any atom is -0.399 e. The van der Waals surface area contributed by atoms with Crippen LogP contribution >= 0.6 is 24.8 Å². The van der Waals surface area contributed by atoms with Crippen molar-refractivity contribution < 1.29 is 14.3 Å². The third-order valence-electron chi connectivity index (χ3n) is 4.52. The van der Waals surface area contributed by atoms with Crippen molar-refractivity contribution in [2.75, 3.05) is 64.8 Å². The molecule has 2 aliphatic rings. The fraction of sp³-hybridized carbons (Fsp3) is 0.529. The van der Waals surface area contributed by atoms with Crippen LogP contribution in [0.25, 0.3) is 0 Å². The van der Waals surface area contributed by atoms with E-state index in [0.717, 1.165) is 0 Å². The van der Waals surface area contributed by atoms with Crippen LogP contribution in [0.1, 0.15) is 10.4 Å². The molecule has 2 heterocycles. The molecule has 9 heteroatoms. The maximum atomic E-state index is 12.5. The number of morpholine rings is 1. The third kappa shape index (κ3) is 5.74. The molecule has 146 valence electrons. The highest BCUT2D eigenvalue weighted by Gasteiger charge is 2.25. The van der Waals surface area contributed by atoms with Gasteiger partial charge in [0, 0.05) is 50.5 Å². The Bertz CT molecular complexity index is 603. The molecule has 1 aromatic carbocycles. The number of anilines is 1. The highest BCUT2D eigenvalue weighted by molar-refractivity contribution is 5.95. The van der Waals surface area contributed by atoms with Crippen LogP contribution in [0.15, 0.2) is 24.3 Å². The molecule has 0 unspecified atom stereocenters. The quantitative estimate of drug-likeness (QED) is 0.751. The molecule has 2 saturated heterocycles. The number of nitrogens with zero attached hydrogens (tertiary/aromatic N) is 3. The molecule has 2 aliphatic heterocycles. The van der Waals surface area contributed by atoms with Crippen molar-refractivity contribution in [2.45, 2.75) is 0 Å². The van der Waals surface area contributed by atoms with E-state index in [1.54, 1.807) is 24.3 Å². The van der Waals surface area contributed by atoms with Gasteiger partial charge in [-0.2, -0.15) is 0 Å². The first-order valence-electron chi connectivity index (χ1n) is 8.36. The Hall–Kier alpha value is -1.54. The van der Waals surface area contributed by atoms with Crippen molar-refractivity contribution in [3.05, 3.63) is 29.8 Å². The zero-order chi connectivity index (χ0) is 16.9. The van der Waals surface area contributed by atoms with Crippen molar-refractivity contribution >= 4 is 42.3 Å². The van der Waals surface area contributed by atoms with E-state index in [1.165, 1.54) is 0 Å². The lowest BCUT2D eigenvalue weighted by Crippen LogP contribution is -2.52. The van der Waals surface area contributed by atoms with Crippen molar-refractivity contribution in [2.24, 2.45) is 0 Å². The Labute approximate surface area is 166 Å². The SMILES string of the molecule is Cl.Cl.Nc1cccc(C(=O)N2CCN(CC(=O)N3CCOCC3)CC2)c1. The van der Waals surface area contributed by atoms with Crippen LogP contribution in [-0.2, 0) is 9.53 Å². The molecule has 26 heavy (non-hydrogen) atoms. The summed E-state index contributed by atoms with van der Waals surface area (Å²) in [5.41, 5.74) is 6.96. The number of halogens is 2. The van der Waals surface area contributed by atoms with E-state index >= 15 is 0 Å². The zero-order valence-corrected chi connectivity index (χ0v) is 16.3. The minimum atomic E-state index is 0. The maximum Gasteiger partial charge on any atom is 0.254 e. The van der Waals surface area contributed by atoms with Crippen molar-refractivity contribution in [3.8, 4) is 0 Å². The lowest BCUT2D eigenvalue weighted by atomic mass is 10.1. The highest BCUT2D eigenvalue weighted by atomic mass is 35.5. The smallest absolute Gasteiger partial charge is 0.254 e. The highest BCUT2D eigenvalue weighted by Crippen LogP contribution is 2.12. The number of hydrogen-bond acceptors (Lipinski definition) is 5. The average molecular weight is 405 g/mol. The average Bonchev–Trinajstić information content (AvgIpc) is 2.62. The zero-order valence-electron chi connectivity index (χ0n) is 14.6. The summed E-state index contributed by atoms with van der Waals surface area (Å²) in [5.74, 6) is 0.148. The van der Waals surface area contributed by atoms with Gasteiger partial charge in [0.1, 0.15) is 0 Å². The largest absolute Gasteiger partial charge is 0.399 e. The summed E-state index contributed by atoms with van der Waals surface area (Å²) < 4.78 is 5.27. The van der Waals surface area contributed by atoms with Crippen LogP contribution in [-0.4, -0.2) is 85.5 Å². The Morgan fingerprint density at radius 1 is 0.962 bits per heavy atom. The molecule has 7 nitrogen and oxygen atoms in total. The van der Waals surface area contributed by atoms with Gasteiger partial charge in [-0.3, -0.25) is 14.5 Å². The van der Waals surface area contributed by atoms with Gasteiger partial charge in [-0.1, -0.05) is 6.07 Å². The monoisotopic (exact) mass is 404 g/mol. The number of benzene rings is 1. The molecule has 0 atom stereocenters. The maximum absolute atomic E-state index is 12.5. The molecule has 0 spiro atoms. The lowest BCUT2D eigenvalue weighted by molar-refractivity contribution is -0.136. The van der Waals surface area contributed by atoms with E-state index in [-0.39, 0.29) is 36.6 Å². The Balaban J connectivity index is 0.00000169. The Kier molecular flexibility index (Phi) is 9.15. The lowest BCUT2D eigenvalue weighted by Gasteiger charge is -2.36. The number of amides is 2. The van der Waals surface area contributed by atoms with Crippen LogP contribution in [0, 0.1) is 0 Å². The first-order valence-corrected chi connectivity index (χ1v) is 8.36. The van der Waals surface area contributed by atoms with E-state index < -0.39 is 0 Å². The molecular formula is C17H26Cl2N4O3. The molecule has 0 saturated carbocycles. The van der Waals surface area contributed by atoms with Crippen LogP contribution in [0.2, 0.25) is 0 Å². The van der Waals surface area contributed by atoms with Gasteiger partial charge in [0.15, 0.2) is 0 Å². The third-order valence-corrected chi connectivity index (χ3v) is 4.52. The molecule has 0 bridgehead atoms. The summed E-state index contributed by atoms with van der Waals surface area (Å²) in [6.07, 6.45) is 0. The van der Waals surface area contributed by atoms with Gasteiger partial charge in [0.2, 0.25) is 5.91 Å². The van der Waals surface area contributed by atoms with Crippen molar-refractivity contribution in [1.29, 1.82) is 0 Å². The van der Waals surface area contributed by atoms with Crippen LogP contribution in [0.5, 0.6) is 0 Å². The van der Waals surface area contributed by atoms with E-state index in [4.69, 9.17) is 10.5 Å². The fourth-order valence-corrected chi connectivity index (χ4v) is 3.07. The van der Waals surface area contributed by atoms with Gasteiger partial charge in [-0.25, -0.2) is 0 Å². The molecule has 1 aromatic rings. The summed E-state index contributed by atoms with van der Waals surface area (Å²) in [6, 6.07) is 7.05. The van der Waals surface area contributed by atoms with E-state index in [9.17, 15) is 9.59 Å². The summed E-state index contributed by atoms with van der Waals surface area (Å²) in [5, 5.41) is 0. The standard InChI is InChI=1S/C17H24N4O3.2ClH/c18-15-3-1-2-14(12-15)17(23)21-6-4-19(5-7-21)13-16(22)20-8-10-24-11-9-20;;/h1-3,12H,4-11,13,18H2;2*1H. The van der Waals surface area contributed by atoms with Gasteiger partial charge in [-0.15, -0.1) is 24.8 Å². The minimum absolute atomic E-state index is 0. The summed E-state index contributed by atoms with van der Waals surface area (Å²) in [4.78, 5) is 30.6. The number of piperazine rings is 1. The number of nitrogens with two attached hydrogens (primary N) is 1. The summed E-state index contributed by atoms with van der Waals surface area (Å²) >= 11 is 0. The Morgan fingerprint density at radius 3 is 2.23 bits per heavy atom. The first kappa shape index (κ1) is 22.5. The van der Waals surface area contributed by atoms with E-state index in [2.05, 4.69) is 4.90 Å². The summed E-state index contributed by atoms with van der Waals surface area (Å²) in [6.45, 7) is 5.69. The van der Waals surface area contributed by atoms with Crippen molar-refractivity contribution in [3.63, 3.8) is 0 Å². The second kappa shape index (κ2) is 10.6. The topological polar surface area (TPSA) is 79.1 Å². The number of hydrogen-bond donors (Lipinski definition) is 1. The second-order valence-electron chi connectivity index (χ2n) is 6.19. The molecule has 2 fully saturated rings. The molecule has 3 rings (SSSR count). The van der Waals surface area contributed by atoms with E-state index in [1.807, 2.05) is 9.80 Å². The van der Waals surface area contributed by atoms with Gasteiger partial charge >= 0.3 is 0 Å². The van der Waals surface area contributed by atoms with Crippen molar-refractivity contribution in [1.82, 2.24) is 14.7 Å². The van der Waals surface area contributed by atoms with Gasteiger partial charge in [-0.05, 0) is 18.2 Å². The molecule has 0 aromatic heterocycles. The number of rotatable bonds is 3. The van der Waals surface area contributed by atoms with Gasteiger partial charge < -0.3 is 20.3 Å². The second-order valence-corrected chi connectivity index (χ2v) is 6.19. The molecule has 2 amide bonds. The van der Waals surface area contributed by atoms with Crippen LogP contribution in [0.3, 0.4) is 0 Å². The van der Waals surface area contributed by atoms with Gasteiger partial charge in [0.05, 0.1) is 19.8 Å². The first-order chi connectivity index (χ1) is 11.6. The predicted octanol–water partition coefficient (Wildman–Crippen LogP) is 0.729. The molecule has 0 radical (unpaired) electrons. The van der Waals surface area contributed by atoms with Crippen LogP contribution in [0.4, 0.5) is 5.69 Å². The number of nitrogen functional groups attached to an aromatic ring is 1. The number of ether oxygens (including phenoxy) is 1. The number of carbonyl (C=O) groups is 2. The van der Waals surface area contributed by atoms with Gasteiger partial charge in [0.25, 0.3) is 5.91 Å². The van der Waals surface area contributed by atoms with Crippen LogP contribution < -0.4 is 5.73 Å². The summed E-state index contributed by atoms with van der Waals surface area (Å²) in [7, 11) is 0. The molecular weight excluding hydrogens is 379 g/mol. The number of carbonyl (C=O) groups excluding carboxylic acids is 2. The molecule has 0 aliphatic carbocycles. The van der Waals surface area contributed by atoms with E-state index in [0.29, 0.717) is 70.3 Å². The predicted molar refractivity (Wildman–Crippen MR) is 105 cm³/mol. The normalized spacial score (nSPS) is 17.8.